The van der Waals surface area contributed by atoms with Crippen molar-refractivity contribution in [1.29, 1.82) is 0 Å². The predicted molar refractivity (Wildman–Crippen MR) is 71.2 cm³/mol. The van der Waals surface area contributed by atoms with Crippen LogP contribution in [0.1, 0.15) is 32.1 Å². The highest BCUT2D eigenvalue weighted by Gasteiger charge is 2.34. The molecule has 0 aromatic carbocycles. The molecule has 3 nitrogen and oxygen atoms in total. The SMILES string of the molecule is CN1CCCC2CN(C[C@H]3CCCN3)CCC21. The topological polar surface area (TPSA) is 18.5 Å². The van der Waals surface area contributed by atoms with Gasteiger partial charge in [-0.3, -0.25) is 0 Å². The van der Waals surface area contributed by atoms with E-state index < -0.39 is 0 Å². The number of hydrogen-bond donors (Lipinski definition) is 1. The van der Waals surface area contributed by atoms with Crippen LogP contribution in [-0.2, 0) is 0 Å². The molecule has 0 bridgehead atoms. The molecule has 1 N–H and O–H groups in total. The van der Waals surface area contributed by atoms with E-state index in [0.717, 1.165) is 18.0 Å². The molecule has 0 amide bonds. The molecule has 3 atom stereocenters. The molecule has 17 heavy (non-hydrogen) atoms. The van der Waals surface area contributed by atoms with Gasteiger partial charge in [0, 0.05) is 25.2 Å². The standard InChI is InChI=1S/C14H27N3/c1-16-8-3-4-12-10-17(9-6-14(12)16)11-13-5-2-7-15-13/h12-15H,2-11H2,1H3/t12?,13-,14?/m1/s1. The Hall–Kier alpha value is -0.120. The van der Waals surface area contributed by atoms with E-state index in [0.29, 0.717) is 0 Å². The van der Waals surface area contributed by atoms with Gasteiger partial charge in [-0.25, -0.2) is 0 Å². The number of piperidine rings is 2. The maximum Gasteiger partial charge on any atom is 0.0195 e. The lowest BCUT2D eigenvalue weighted by atomic mass is 9.84. The number of hydrogen-bond acceptors (Lipinski definition) is 3. The summed E-state index contributed by atoms with van der Waals surface area (Å²) in [5, 5.41) is 3.63. The summed E-state index contributed by atoms with van der Waals surface area (Å²) >= 11 is 0. The first kappa shape index (κ1) is 11.9. The Kier molecular flexibility index (Phi) is 3.69. The number of fused-ring (bicyclic) bond motifs is 1. The van der Waals surface area contributed by atoms with E-state index in [1.54, 1.807) is 0 Å². The van der Waals surface area contributed by atoms with Crippen LogP contribution in [0.5, 0.6) is 0 Å². The fraction of sp³-hybridized carbons (Fsp3) is 1.00. The van der Waals surface area contributed by atoms with E-state index >= 15 is 0 Å². The van der Waals surface area contributed by atoms with Gasteiger partial charge < -0.3 is 15.1 Å². The highest BCUT2D eigenvalue weighted by molar-refractivity contribution is 4.90. The van der Waals surface area contributed by atoms with Crippen LogP contribution in [0.4, 0.5) is 0 Å². The van der Waals surface area contributed by atoms with Crippen molar-refractivity contribution >= 4 is 0 Å². The second-order valence-electron chi connectivity index (χ2n) is 6.29. The van der Waals surface area contributed by atoms with E-state index in [4.69, 9.17) is 0 Å². The van der Waals surface area contributed by atoms with Gasteiger partial charge in [0.25, 0.3) is 0 Å². The average molecular weight is 237 g/mol. The summed E-state index contributed by atoms with van der Waals surface area (Å²) in [4.78, 5) is 5.34. The first-order valence-corrected chi connectivity index (χ1v) is 7.49. The summed E-state index contributed by atoms with van der Waals surface area (Å²) in [6, 6.07) is 1.67. The zero-order chi connectivity index (χ0) is 11.7. The van der Waals surface area contributed by atoms with Gasteiger partial charge in [-0.2, -0.15) is 0 Å². The molecule has 0 aromatic heterocycles. The zero-order valence-electron chi connectivity index (χ0n) is 11.2. The molecular weight excluding hydrogens is 210 g/mol. The van der Waals surface area contributed by atoms with Gasteiger partial charge in [0.1, 0.15) is 0 Å². The number of nitrogens with one attached hydrogen (secondary N) is 1. The lowest BCUT2D eigenvalue weighted by Gasteiger charge is -2.46. The zero-order valence-corrected chi connectivity index (χ0v) is 11.2. The fourth-order valence-corrected chi connectivity index (χ4v) is 4.12. The molecule has 98 valence electrons. The van der Waals surface area contributed by atoms with Crippen molar-refractivity contribution in [3.05, 3.63) is 0 Å². The molecule has 3 fully saturated rings. The maximum absolute atomic E-state index is 3.63. The third kappa shape index (κ3) is 2.67. The molecule has 3 aliphatic heterocycles. The number of likely N-dealkylation sites (tertiary alicyclic amines) is 2. The van der Waals surface area contributed by atoms with Crippen molar-refractivity contribution in [3.8, 4) is 0 Å². The van der Waals surface area contributed by atoms with Gasteiger partial charge in [0.15, 0.2) is 0 Å². The van der Waals surface area contributed by atoms with Crippen molar-refractivity contribution in [2.24, 2.45) is 5.92 Å². The Balaban J connectivity index is 1.52. The highest BCUT2D eigenvalue weighted by Crippen LogP contribution is 2.29. The fourth-order valence-electron chi connectivity index (χ4n) is 4.12. The first-order chi connectivity index (χ1) is 8.33. The minimum Gasteiger partial charge on any atom is -0.313 e. The maximum atomic E-state index is 3.63. The van der Waals surface area contributed by atoms with Crippen LogP contribution in [0.25, 0.3) is 0 Å². The van der Waals surface area contributed by atoms with Crippen LogP contribution in [-0.4, -0.2) is 61.7 Å². The van der Waals surface area contributed by atoms with Crippen molar-refractivity contribution in [2.45, 2.75) is 44.2 Å². The van der Waals surface area contributed by atoms with Crippen molar-refractivity contribution in [2.75, 3.05) is 39.8 Å². The second-order valence-corrected chi connectivity index (χ2v) is 6.29. The van der Waals surface area contributed by atoms with E-state index in [-0.39, 0.29) is 0 Å². The monoisotopic (exact) mass is 237 g/mol. The Morgan fingerprint density at radius 1 is 1.12 bits per heavy atom. The lowest BCUT2D eigenvalue weighted by molar-refractivity contribution is 0.0357. The van der Waals surface area contributed by atoms with Crippen LogP contribution >= 0.6 is 0 Å². The summed E-state index contributed by atoms with van der Waals surface area (Å²) in [7, 11) is 2.32. The Morgan fingerprint density at radius 2 is 2.06 bits per heavy atom. The molecule has 0 saturated carbocycles. The Morgan fingerprint density at radius 3 is 2.88 bits per heavy atom. The molecule has 3 heterocycles. The van der Waals surface area contributed by atoms with Crippen LogP contribution in [0, 0.1) is 5.92 Å². The molecule has 3 heteroatoms. The van der Waals surface area contributed by atoms with Gasteiger partial charge in [0.2, 0.25) is 0 Å². The molecule has 2 unspecified atom stereocenters. The summed E-state index contributed by atoms with van der Waals surface area (Å²) in [6.07, 6.45) is 7.04. The molecule has 0 aliphatic carbocycles. The Bertz CT molecular complexity index is 250. The van der Waals surface area contributed by atoms with E-state index in [1.165, 1.54) is 64.8 Å². The average Bonchev–Trinajstić information content (AvgIpc) is 2.82. The smallest absolute Gasteiger partial charge is 0.0195 e. The molecule has 0 radical (unpaired) electrons. The van der Waals surface area contributed by atoms with E-state index in [1.807, 2.05) is 0 Å². The summed E-state index contributed by atoms with van der Waals surface area (Å²) in [5.74, 6) is 0.948. The third-order valence-corrected chi connectivity index (χ3v) is 5.07. The van der Waals surface area contributed by atoms with Gasteiger partial charge in [0.05, 0.1) is 0 Å². The molecular formula is C14H27N3. The first-order valence-electron chi connectivity index (χ1n) is 7.49. The van der Waals surface area contributed by atoms with Gasteiger partial charge in [-0.15, -0.1) is 0 Å². The van der Waals surface area contributed by atoms with Crippen molar-refractivity contribution < 1.29 is 0 Å². The summed E-state index contributed by atoms with van der Waals surface area (Å²) in [6.45, 7) is 6.54. The van der Waals surface area contributed by atoms with Crippen molar-refractivity contribution in [1.82, 2.24) is 15.1 Å². The molecule has 0 spiro atoms. The van der Waals surface area contributed by atoms with Crippen LogP contribution in [0.3, 0.4) is 0 Å². The van der Waals surface area contributed by atoms with Crippen LogP contribution in [0.2, 0.25) is 0 Å². The Labute approximate surface area is 106 Å². The number of rotatable bonds is 2. The third-order valence-electron chi connectivity index (χ3n) is 5.07. The minimum absolute atomic E-state index is 0.785. The van der Waals surface area contributed by atoms with Crippen LogP contribution in [0.15, 0.2) is 0 Å². The van der Waals surface area contributed by atoms with Crippen LogP contribution < -0.4 is 5.32 Å². The van der Waals surface area contributed by atoms with E-state index in [9.17, 15) is 0 Å². The quantitative estimate of drug-likeness (QED) is 0.777. The van der Waals surface area contributed by atoms with Gasteiger partial charge in [-0.05, 0) is 64.7 Å². The van der Waals surface area contributed by atoms with Gasteiger partial charge in [-0.1, -0.05) is 0 Å². The normalized spacial score (nSPS) is 40.4. The van der Waals surface area contributed by atoms with E-state index in [2.05, 4.69) is 22.2 Å². The molecule has 3 saturated heterocycles. The van der Waals surface area contributed by atoms with Gasteiger partial charge >= 0.3 is 0 Å². The molecule has 3 aliphatic rings. The predicted octanol–water partition coefficient (Wildman–Crippen LogP) is 1.15. The minimum atomic E-state index is 0.785. The second kappa shape index (κ2) is 5.25. The molecule has 3 rings (SSSR count). The van der Waals surface area contributed by atoms with Crippen molar-refractivity contribution in [3.63, 3.8) is 0 Å². The summed E-state index contributed by atoms with van der Waals surface area (Å²) in [5.41, 5.74) is 0. The summed E-state index contributed by atoms with van der Waals surface area (Å²) < 4.78 is 0. The highest BCUT2D eigenvalue weighted by atomic mass is 15.2. The largest absolute Gasteiger partial charge is 0.313 e. The number of nitrogens with zero attached hydrogens (tertiary/aromatic N) is 2. The molecule has 0 aromatic rings. The lowest BCUT2D eigenvalue weighted by Crippen LogP contribution is -2.54.